The number of halogens is 1. The summed E-state index contributed by atoms with van der Waals surface area (Å²) in [6.45, 7) is 1.98. The van der Waals surface area contributed by atoms with Gasteiger partial charge in [0.25, 0.3) is 0 Å². The van der Waals surface area contributed by atoms with E-state index in [1.807, 2.05) is 0 Å². The second-order valence-electron chi connectivity index (χ2n) is 3.72. The van der Waals surface area contributed by atoms with E-state index in [-0.39, 0.29) is 12.2 Å². The van der Waals surface area contributed by atoms with Gasteiger partial charge < -0.3 is 15.2 Å². The third-order valence-electron chi connectivity index (χ3n) is 2.22. The number of urea groups is 1. The largest absolute Gasteiger partial charge is 0.359 e. The van der Waals surface area contributed by atoms with Gasteiger partial charge in [-0.1, -0.05) is 17.3 Å². The number of nitrogens with one attached hydrogen (secondary N) is 2. The van der Waals surface area contributed by atoms with E-state index in [9.17, 15) is 9.18 Å². The molecular formula is C12H12FN3O2. The van der Waals surface area contributed by atoms with Gasteiger partial charge in [0.2, 0.25) is 0 Å². The van der Waals surface area contributed by atoms with Crippen molar-refractivity contribution in [1.82, 2.24) is 10.5 Å². The molecule has 0 spiro atoms. The van der Waals surface area contributed by atoms with Crippen molar-refractivity contribution in [3.05, 3.63) is 47.6 Å². The first-order valence-electron chi connectivity index (χ1n) is 5.37. The first-order chi connectivity index (χ1) is 8.65. The number of para-hydroxylation sites is 1. The molecule has 0 atom stereocenters. The highest BCUT2D eigenvalue weighted by atomic mass is 19.1. The molecule has 18 heavy (non-hydrogen) atoms. The highest BCUT2D eigenvalue weighted by Gasteiger charge is 2.07. The van der Waals surface area contributed by atoms with Gasteiger partial charge in [-0.3, -0.25) is 0 Å². The lowest BCUT2D eigenvalue weighted by Gasteiger charge is -2.06. The Hall–Kier alpha value is -2.37. The van der Waals surface area contributed by atoms with Crippen LogP contribution in [0.5, 0.6) is 0 Å². The SMILES string of the molecule is Cc1cc(CNC(=O)Nc2ccccc2F)on1. The summed E-state index contributed by atoms with van der Waals surface area (Å²) in [6.07, 6.45) is 0. The van der Waals surface area contributed by atoms with Crippen molar-refractivity contribution in [2.75, 3.05) is 5.32 Å². The molecule has 0 saturated heterocycles. The molecule has 5 nitrogen and oxygen atoms in total. The number of carbonyl (C=O) groups is 1. The molecule has 0 bridgehead atoms. The molecule has 0 unspecified atom stereocenters. The lowest BCUT2D eigenvalue weighted by atomic mass is 10.3. The highest BCUT2D eigenvalue weighted by Crippen LogP contribution is 2.11. The molecule has 1 aromatic heterocycles. The molecule has 0 fully saturated rings. The van der Waals surface area contributed by atoms with E-state index >= 15 is 0 Å². The number of aryl methyl sites for hydroxylation is 1. The van der Waals surface area contributed by atoms with Crippen molar-refractivity contribution >= 4 is 11.7 Å². The second kappa shape index (κ2) is 5.31. The minimum absolute atomic E-state index is 0.128. The van der Waals surface area contributed by atoms with Gasteiger partial charge in [-0.05, 0) is 19.1 Å². The molecule has 2 aromatic rings. The third kappa shape index (κ3) is 3.07. The van der Waals surface area contributed by atoms with Gasteiger partial charge >= 0.3 is 6.03 Å². The van der Waals surface area contributed by atoms with Crippen molar-refractivity contribution in [3.8, 4) is 0 Å². The zero-order valence-electron chi connectivity index (χ0n) is 9.74. The molecule has 1 heterocycles. The highest BCUT2D eigenvalue weighted by molar-refractivity contribution is 5.89. The van der Waals surface area contributed by atoms with Crippen molar-refractivity contribution in [2.24, 2.45) is 0 Å². The first kappa shape index (κ1) is 12.1. The van der Waals surface area contributed by atoms with Crippen LogP contribution in [0.4, 0.5) is 14.9 Å². The molecule has 0 saturated carbocycles. The summed E-state index contributed by atoms with van der Waals surface area (Å²) in [5, 5.41) is 8.62. The summed E-state index contributed by atoms with van der Waals surface area (Å²) >= 11 is 0. The molecule has 0 radical (unpaired) electrons. The van der Waals surface area contributed by atoms with E-state index in [1.165, 1.54) is 12.1 Å². The van der Waals surface area contributed by atoms with Crippen LogP contribution in [0.25, 0.3) is 0 Å². The van der Waals surface area contributed by atoms with Crippen LogP contribution in [0.1, 0.15) is 11.5 Å². The lowest BCUT2D eigenvalue weighted by Crippen LogP contribution is -2.28. The van der Waals surface area contributed by atoms with Crippen LogP contribution in [-0.2, 0) is 6.54 Å². The van der Waals surface area contributed by atoms with Crippen LogP contribution in [-0.4, -0.2) is 11.2 Å². The molecule has 2 amide bonds. The van der Waals surface area contributed by atoms with Gasteiger partial charge in [0.15, 0.2) is 5.76 Å². The van der Waals surface area contributed by atoms with Crippen molar-refractivity contribution in [1.29, 1.82) is 0 Å². The second-order valence-corrected chi connectivity index (χ2v) is 3.72. The van der Waals surface area contributed by atoms with Crippen LogP contribution in [0.15, 0.2) is 34.9 Å². The minimum Gasteiger partial charge on any atom is -0.359 e. The minimum atomic E-state index is -0.505. The van der Waals surface area contributed by atoms with Gasteiger partial charge in [-0.15, -0.1) is 0 Å². The summed E-state index contributed by atoms with van der Waals surface area (Å²) in [6, 6.07) is 7.15. The van der Waals surface area contributed by atoms with E-state index < -0.39 is 11.8 Å². The number of carbonyl (C=O) groups excluding carboxylic acids is 1. The number of hydrogen-bond donors (Lipinski definition) is 2. The predicted molar refractivity (Wildman–Crippen MR) is 63.5 cm³/mol. The molecule has 6 heteroatoms. The maximum Gasteiger partial charge on any atom is 0.319 e. The van der Waals surface area contributed by atoms with Crippen LogP contribution >= 0.6 is 0 Å². The van der Waals surface area contributed by atoms with Gasteiger partial charge in [-0.25, -0.2) is 9.18 Å². The maximum absolute atomic E-state index is 13.2. The zero-order valence-corrected chi connectivity index (χ0v) is 9.74. The number of aromatic nitrogens is 1. The quantitative estimate of drug-likeness (QED) is 0.877. The van der Waals surface area contributed by atoms with E-state index in [4.69, 9.17) is 4.52 Å². The Morgan fingerprint density at radius 2 is 2.22 bits per heavy atom. The summed E-state index contributed by atoms with van der Waals surface area (Å²) in [4.78, 5) is 11.5. The molecule has 1 aromatic carbocycles. The van der Waals surface area contributed by atoms with E-state index in [1.54, 1.807) is 25.1 Å². The van der Waals surface area contributed by atoms with Crippen LogP contribution < -0.4 is 10.6 Å². The van der Waals surface area contributed by atoms with Crippen molar-refractivity contribution in [2.45, 2.75) is 13.5 Å². The normalized spacial score (nSPS) is 10.1. The number of hydrogen-bond acceptors (Lipinski definition) is 3. The Labute approximate surface area is 103 Å². The summed E-state index contributed by atoms with van der Waals surface area (Å²) in [5.74, 6) is 0.0549. The Morgan fingerprint density at radius 3 is 2.89 bits per heavy atom. The number of nitrogens with zero attached hydrogens (tertiary/aromatic N) is 1. The van der Waals surface area contributed by atoms with E-state index in [2.05, 4.69) is 15.8 Å². The van der Waals surface area contributed by atoms with Crippen LogP contribution in [0.2, 0.25) is 0 Å². The van der Waals surface area contributed by atoms with Gasteiger partial charge in [-0.2, -0.15) is 0 Å². The summed E-state index contributed by atoms with van der Waals surface area (Å²) in [5.41, 5.74) is 0.866. The fourth-order valence-corrected chi connectivity index (χ4v) is 1.40. The summed E-state index contributed by atoms with van der Waals surface area (Å²) in [7, 11) is 0. The molecule has 0 aliphatic heterocycles. The first-order valence-corrected chi connectivity index (χ1v) is 5.37. The number of amides is 2. The van der Waals surface area contributed by atoms with E-state index in [0.717, 1.165) is 5.69 Å². The Morgan fingerprint density at radius 1 is 1.44 bits per heavy atom. The third-order valence-corrected chi connectivity index (χ3v) is 2.22. The standard InChI is InChI=1S/C12H12FN3O2/c1-8-6-9(18-16-8)7-14-12(17)15-11-5-3-2-4-10(11)13/h2-6H,7H2,1H3,(H2,14,15,17). The van der Waals surface area contributed by atoms with Crippen molar-refractivity contribution in [3.63, 3.8) is 0 Å². The van der Waals surface area contributed by atoms with Crippen LogP contribution in [0.3, 0.4) is 0 Å². The Bertz CT molecular complexity index is 554. The monoisotopic (exact) mass is 249 g/mol. The van der Waals surface area contributed by atoms with Gasteiger partial charge in [0.05, 0.1) is 17.9 Å². The number of anilines is 1. The van der Waals surface area contributed by atoms with E-state index in [0.29, 0.717) is 5.76 Å². The lowest BCUT2D eigenvalue weighted by molar-refractivity contribution is 0.250. The molecule has 2 rings (SSSR count). The van der Waals surface area contributed by atoms with Crippen molar-refractivity contribution < 1.29 is 13.7 Å². The average molecular weight is 249 g/mol. The predicted octanol–water partition coefficient (Wildman–Crippen LogP) is 2.44. The number of rotatable bonds is 3. The zero-order chi connectivity index (χ0) is 13.0. The molecule has 2 N–H and O–H groups in total. The van der Waals surface area contributed by atoms with Crippen LogP contribution in [0, 0.1) is 12.7 Å². The molecule has 0 aliphatic rings. The van der Waals surface area contributed by atoms with Gasteiger partial charge in [0, 0.05) is 6.07 Å². The Kier molecular flexibility index (Phi) is 3.57. The average Bonchev–Trinajstić information content (AvgIpc) is 2.76. The Balaban J connectivity index is 1.88. The van der Waals surface area contributed by atoms with Gasteiger partial charge in [0.1, 0.15) is 5.82 Å². The molecule has 0 aliphatic carbocycles. The smallest absolute Gasteiger partial charge is 0.319 e. The summed E-state index contributed by atoms with van der Waals surface area (Å²) < 4.78 is 18.2. The maximum atomic E-state index is 13.2. The fraction of sp³-hybridized carbons (Fsp3) is 0.167. The number of benzene rings is 1. The topological polar surface area (TPSA) is 67.2 Å². The fourth-order valence-electron chi connectivity index (χ4n) is 1.40. The molecular weight excluding hydrogens is 237 g/mol. The molecule has 94 valence electrons.